The van der Waals surface area contributed by atoms with Crippen LogP contribution in [-0.4, -0.2) is 49.4 Å². The Morgan fingerprint density at radius 1 is 0.909 bits per heavy atom. The zero-order chi connectivity index (χ0) is 33.2. The van der Waals surface area contributed by atoms with E-state index in [0.717, 1.165) is 51.3 Å². The summed E-state index contributed by atoms with van der Waals surface area (Å²) in [7, 11) is 2.08. The van der Waals surface area contributed by atoms with Crippen LogP contribution in [0.15, 0.2) is 98.5 Å². The summed E-state index contributed by atoms with van der Waals surface area (Å²) in [6, 6.07) is 8.47. The molecule has 6 heteroatoms. The molecule has 0 saturated heterocycles. The third-order valence-electron chi connectivity index (χ3n) is 7.63. The summed E-state index contributed by atoms with van der Waals surface area (Å²) in [5.41, 5.74) is 10.7. The molecule has 0 unspecified atom stereocenters. The Morgan fingerprint density at radius 2 is 1.55 bits per heavy atom. The van der Waals surface area contributed by atoms with Gasteiger partial charge in [-0.15, -0.1) is 29.3 Å². The van der Waals surface area contributed by atoms with E-state index in [4.69, 9.17) is 9.47 Å². The van der Waals surface area contributed by atoms with Gasteiger partial charge in [0.15, 0.2) is 13.5 Å². The van der Waals surface area contributed by atoms with Crippen molar-refractivity contribution < 1.29 is 9.47 Å². The zero-order valence-electron chi connectivity index (χ0n) is 29.6. The molecule has 0 aromatic heterocycles. The first-order valence-electron chi connectivity index (χ1n) is 15.4. The van der Waals surface area contributed by atoms with Gasteiger partial charge >= 0.3 is 0 Å². The normalized spacial score (nSPS) is 16.7. The van der Waals surface area contributed by atoms with Crippen molar-refractivity contribution >= 4 is 23.5 Å². The number of thioether (sulfide) groups is 2. The zero-order valence-corrected chi connectivity index (χ0v) is 31.2. The number of hydrogen-bond donors (Lipinski definition) is 0. The van der Waals surface area contributed by atoms with Gasteiger partial charge in [0.05, 0.1) is 16.3 Å². The fraction of sp³-hybridized carbons (Fsp3) is 0.500. The van der Waals surface area contributed by atoms with Crippen LogP contribution in [-0.2, 0) is 10.2 Å². The van der Waals surface area contributed by atoms with Gasteiger partial charge in [-0.2, -0.15) is 0 Å². The number of nitrogens with zero attached hydrogens (tertiary/aromatic N) is 2. The molecule has 0 bridgehead atoms. The molecule has 1 aromatic rings. The minimum atomic E-state index is 0.0898. The summed E-state index contributed by atoms with van der Waals surface area (Å²) in [4.78, 5) is 6.60. The minimum absolute atomic E-state index is 0.0898. The lowest BCUT2D eigenvalue weighted by Gasteiger charge is -2.33. The molecule has 0 heterocycles. The number of ether oxygens (including phenoxy) is 2. The predicted molar refractivity (Wildman–Crippen MR) is 196 cm³/mol. The molecule has 1 aliphatic carbocycles. The number of rotatable bonds is 13. The Labute approximate surface area is 277 Å². The summed E-state index contributed by atoms with van der Waals surface area (Å²) >= 11 is 3.39. The Kier molecular flexibility index (Phi) is 14.2. The van der Waals surface area contributed by atoms with Gasteiger partial charge in [-0.25, -0.2) is 0 Å². The van der Waals surface area contributed by atoms with E-state index < -0.39 is 0 Å². The predicted octanol–water partition coefficient (Wildman–Crippen LogP) is 10.7. The molecule has 1 aromatic carbocycles. The van der Waals surface area contributed by atoms with Crippen LogP contribution in [0.1, 0.15) is 81.2 Å². The number of hydrogen-bond acceptors (Lipinski definition) is 6. The van der Waals surface area contributed by atoms with Gasteiger partial charge in [-0.1, -0.05) is 77.5 Å². The topological polar surface area (TPSA) is 24.9 Å². The maximum Gasteiger partial charge on any atom is 0.161 e. The Morgan fingerprint density at radius 3 is 2.05 bits per heavy atom. The maximum atomic E-state index is 6.46. The van der Waals surface area contributed by atoms with E-state index in [2.05, 4.69) is 153 Å². The van der Waals surface area contributed by atoms with Crippen molar-refractivity contribution in [2.45, 2.75) is 81.1 Å². The average Bonchev–Trinajstić information content (AvgIpc) is 2.94. The van der Waals surface area contributed by atoms with Gasteiger partial charge in [0.1, 0.15) is 11.5 Å². The second kappa shape index (κ2) is 16.6. The molecule has 0 fully saturated rings. The van der Waals surface area contributed by atoms with Gasteiger partial charge < -0.3 is 19.3 Å². The van der Waals surface area contributed by atoms with Crippen LogP contribution in [0, 0.1) is 5.41 Å². The Hall–Kier alpha value is -2.66. The van der Waals surface area contributed by atoms with Gasteiger partial charge in [0, 0.05) is 24.1 Å². The van der Waals surface area contributed by atoms with Crippen molar-refractivity contribution in [1.29, 1.82) is 0 Å². The first kappa shape index (κ1) is 37.5. The van der Waals surface area contributed by atoms with Crippen LogP contribution in [0.4, 0.5) is 0 Å². The molecule has 0 aliphatic heterocycles. The number of allylic oxidation sites excluding steroid dienone is 5. The Bertz CT molecular complexity index is 1340. The molecule has 242 valence electrons. The van der Waals surface area contributed by atoms with Gasteiger partial charge in [0.25, 0.3) is 0 Å². The van der Waals surface area contributed by atoms with Crippen LogP contribution in [0.5, 0.6) is 5.75 Å². The summed E-state index contributed by atoms with van der Waals surface area (Å²) < 4.78 is 12.8. The molecule has 44 heavy (non-hydrogen) atoms. The molecular formula is C38H56N2O2S2. The highest BCUT2D eigenvalue weighted by atomic mass is 32.2. The monoisotopic (exact) mass is 636 g/mol. The van der Waals surface area contributed by atoms with Crippen LogP contribution in [0.2, 0.25) is 0 Å². The van der Waals surface area contributed by atoms with E-state index in [0.29, 0.717) is 13.5 Å². The van der Waals surface area contributed by atoms with Gasteiger partial charge in [-0.05, 0) is 87.3 Å². The van der Waals surface area contributed by atoms with Gasteiger partial charge in [0.2, 0.25) is 0 Å². The maximum absolute atomic E-state index is 6.46. The molecule has 0 N–H and O–H groups in total. The second-order valence-corrected chi connectivity index (χ2v) is 15.1. The van der Waals surface area contributed by atoms with E-state index in [1.165, 1.54) is 16.7 Å². The highest BCUT2D eigenvalue weighted by molar-refractivity contribution is 8.03. The summed E-state index contributed by atoms with van der Waals surface area (Å²) in [5, 5.41) is 0. The first-order chi connectivity index (χ1) is 20.5. The second-order valence-electron chi connectivity index (χ2n) is 13.4. The SMILES string of the molecule is C=C(SC)/C(=C(/SC)C(=C(C)C)N(CC)COc1ccc(C(C)(C)C)cc1)N(C)CO/C1=C/C=C(/C(C)(C)C)CC=C=C1C. The van der Waals surface area contributed by atoms with Gasteiger partial charge in [-0.3, -0.25) is 0 Å². The lowest BCUT2D eigenvalue weighted by molar-refractivity contribution is 0.121. The molecule has 0 spiro atoms. The molecule has 0 radical (unpaired) electrons. The van der Waals surface area contributed by atoms with E-state index >= 15 is 0 Å². The third kappa shape index (κ3) is 10.5. The van der Waals surface area contributed by atoms with E-state index in [-0.39, 0.29) is 10.8 Å². The summed E-state index contributed by atoms with van der Waals surface area (Å²) in [6.45, 7) is 28.1. The largest absolute Gasteiger partial charge is 0.473 e. The lowest BCUT2D eigenvalue weighted by atomic mass is 9.83. The highest BCUT2D eigenvalue weighted by Crippen LogP contribution is 2.37. The molecule has 4 nitrogen and oxygen atoms in total. The third-order valence-corrected chi connectivity index (χ3v) is 9.11. The van der Waals surface area contributed by atoms with Crippen LogP contribution in [0.25, 0.3) is 0 Å². The smallest absolute Gasteiger partial charge is 0.161 e. The first-order valence-corrected chi connectivity index (χ1v) is 17.8. The Balaban J connectivity index is 2.42. The minimum Gasteiger partial charge on any atom is -0.473 e. The quantitative estimate of drug-likeness (QED) is 0.121. The van der Waals surface area contributed by atoms with Crippen LogP contribution >= 0.6 is 23.5 Å². The van der Waals surface area contributed by atoms with Crippen molar-refractivity contribution in [3.05, 3.63) is 104 Å². The fourth-order valence-electron chi connectivity index (χ4n) is 4.82. The highest BCUT2D eigenvalue weighted by Gasteiger charge is 2.24. The molecule has 0 saturated carbocycles. The van der Waals surface area contributed by atoms with Crippen molar-refractivity contribution in [3.63, 3.8) is 0 Å². The van der Waals surface area contributed by atoms with Crippen LogP contribution in [0.3, 0.4) is 0 Å². The van der Waals surface area contributed by atoms with Crippen molar-refractivity contribution in [2.75, 3.05) is 39.6 Å². The molecule has 1 aliphatic rings. The molecule has 2 rings (SSSR count). The van der Waals surface area contributed by atoms with E-state index in [1.54, 1.807) is 23.5 Å². The van der Waals surface area contributed by atoms with Crippen molar-refractivity contribution in [2.24, 2.45) is 5.41 Å². The number of benzene rings is 1. The summed E-state index contributed by atoms with van der Waals surface area (Å²) in [6.07, 6.45) is 11.5. The number of likely N-dealkylation sites (N-methyl/N-ethyl adjacent to an activating group) is 2. The van der Waals surface area contributed by atoms with E-state index in [9.17, 15) is 0 Å². The molecule has 0 atom stereocenters. The standard InChI is InChI=1S/C38H56N2O2S2/c1-15-40(26-41-32-22-19-31(20-23-32)38(9,10)11)34(27(2)3)36(44-14)35(29(5)43-13)39(12)25-42-33-24-21-30(37(6,7)8)18-16-17-28(33)4/h16,19-24H,5,15,18,25-26H2,1-4,6-14H3/b30-21+,33-24+,36-35-. The van der Waals surface area contributed by atoms with Crippen molar-refractivity contribution in [3.8, 4) is 5.75 Å². The molecule has 0 amide bonds. The summed E-state index contributed by atoms with van der Waals surface area (Å²) in [5.74, 6) is 1.70. The van der Waals surface area contributed by atoms with Crippen molar-refractivity contribution in [1.82, 2.24) is 9.80 Å². The van der Waals surface area contributed by atoms with E-state index in [1.807, 2.05) is 0 Å². The lowest BCUT2D eigenvalue weighted by Crippen LogP contribution is -2.31. The molecular weight excluding hydrogens is 581 g/mol. The fourth-order valence-corrected chi connectivity index (χ4v) is 6.33. The van der Waals surface area contributed by atoms with Crippen LogP contribution < -0.4 is 4.74 Å². The average molecular weight is 637 g/mol.